The summed E-state index contributed by atoms with van der Waals surface area (Å²) in [4.78, 5) is 17.3. The maximum atomic E-state index is 13.0. The number of piperazine rings is 1. The second-order valence-corrected chi connectivity index (χ2v) is 7.76. The van der Waals surface area contributed by atoms with Crippen LogP contribution in [0.2, 0.25) is 0 Å². The van der Waals surface area contributed by atoms with E-state index in [1.807, 2.05) is 39.8 Å². The van der Waals surface area contributed by atoms with Crippen molar-refractivity contribution < 1.29 is 4.79 Å². The average molecular weight is 391 g/mol. The van der Waals surface area contributed by atoms with Gasteiger partial charge in [0.1, 0.15) is 6.33 Å². The van der Waals surface area contributed by atoms with Gasteiger partial charge >= 0.3 is 0 Å². The Morgan fingerprint density at radius 3 is 2.66 bits per heavy atom. The molecular weight excluding hydrogens is 366 g/mol. The highest BCUT2D eigenvalue weighted by molar-refractivity contribution is 5.94. The zero-order chi connectivity index (χ0) is 19.6. The Morgan fingerprint density at radius 1 is 1.03 bits per heavy atom. The van der Waals surface area contributed by atoms with Crippen molar-refractivity contribution in [3.8, 4) is 5.69 Å². The van der Waals surface area contributed by atoms with Crippen molar-refractivity contribution in [1.29, 1.82) is 0 Å². The molecule has 8 heteroatoms. The number of carbonyl (C=O) groups is 1. The van der Waals surface area contributed by atoms with Crippen molar-refractivity contribution in [2.24, 2.45) is 0 Å². The van der Waals surface area contributed by atoms with E-state index in [4.69, 9.17) is 0 Å². The molecule has 0 unspecified atom stereocenters. The molecule has 0 spiro atoms. The third-order valence-corrected chi connectivity index (χ3v) is 5.94. The molecule has 0 bridgehead atoms. The second kappa shape index (κ2) is 7.79. The van der Waals surface area contributed by atoms with Gasteiger partial charge < -0.3 is 4.90 Å². The van der Waals surface area contributed by atoms with E-state index >= 15 is 0 Å². The van der Waals surface area contributed by atoms with Gasteiger partial charge in [-0.05, 0) is 37.8 Å². The van der Waals surface area contributed by atoms with Crippen LogP contribution in [0.15, 0.2) is 36.7 Å². The standard InChI is InChI=1S/C21H25N7O/c29-21(20-17-8-4-5-9-18(17)23-25-20)27-12-10-26(11-13-27)14-19-24-22-15-28(19)16-6-2-1-3-7-16/h1-3,6-7,15H,4-5,8-14H2,(H,23,25). The van der Waals surface area contributed by atoms with E-state index in [-0.39, 0.29) is 5.91 Å². The van der Waals surface area contributed by atoms with E-state index in [0.29, 0.717) is 25.3 Å². The number of hydrogen-bond donors (Lipinski definition) is 1. The summed E-state index contributed by atoms with van der Waals surface area (Å²) in [6.07, 6.45) is 6.04. The summed E-state index contributed by atoms with van der Waals surface area (Å²) in [5.74, 6) is 0.980. The summed E-state index contributed by atoms with van der Waals surface area (Å²) in [6, 6.07) is 10.1. The number of carbonyl (C=O) groups excluding carboxylic acids is 1. The average Bonchev–Trinajstić information content (AvgIpc) is 3.41. The molecule has 150 valence electrons. The zero-order valence-electron chi connectivity index (χ0n) is 16.4. The van der Waals surface area contributed by atoms with Crippen LogP contribution >= 0.6 is 0 Å². The van der Waals surface area contributed by atoms with E-state index in [0.717, 1.165) is 55.1 Å². The van der Waals surface area contributed by atoms with E-state index in [1.165, 1.54) is 6.42 Å². The molecule has 1 aliphatic carbocycles. The lowest BCUT2D eigenvalue weighted by Crippen LogP contribution is -2.48. The van der Waals surface area contributed by atoms with Gasteiger partial charge in [0.15, 0.2) is 11.5 Å². The van der Waals surface area contributed by atoms with Gasteiger partial charge in [-0.2, -0.15) is 5.10 Å². The van der Waals surface area contributed by atoms with Crippen LogP contribution in [-0.4, -0.2) is 66.8 Å². The van der Waals surface area contributed by atoms with Crippen LogP contribution in [0.25, 0.3) is 5.69 Å². The molecule has 3 heterocycles. The van der Waals surface area contributed by atoms with Crippen molar-refractivity contribution in [2.45, 2.75) is 32.2 Å². The van der Waals surface area contributed by atoms with Gasteiger partial charge in [-0.15, -0.1) is 10.2 Å². The Bertz CT molecular complexity index is 986. The Kier molecular flexibility index (Phi) is 4.85. The van der Waals surface area contributed by atoms with Crippen LogP contribution in [0, 0.1) is 0 Å². The third-order valence-electron chi connectivity index (χ3n) is 5.94. The highest BCUT2D eigenvalue weighted by atomic mass is 16.2. The van der Waals surface area contributed by atoms with E-state index < -0.39 is 0 Å². The topological polar surface area (TPSA) is 82.9 Å². The first-order valence-corrected chi connectivity index (χ1v) is 10.3. The molecule has 0 atom stereocenters. The third kappa shape index (κ3) is 3.55. The fourth-order valence-corrected chi connectivity index (χ4v) is 4.29. The highest BCUT2D eigenvalue weighted by Crippen LogP contribution is 2.23. The number of hydrogen-bond acceptors (Lipinski definition) is 5. The summed E-state index contributed by atoms with van der Waals surface area (Å²) in [5.41, 5.74) is 3.99. The number of nitrogens with one attached hydrogen (secondary N) is 1. The summed E-state index contributed by atoms with van der Waals surface area (Å²) in [5, 5.41) is 15.8. The first kappa shape index (κ1) is 18.1. The molecule has 0 radical (unpaired) electrons. The predicted octanol–water partition coefficient (Wildman–Crippen LogP) is 1.83. The molecule has 0 saturated carbocycles. The fraction of sp³-hybridized carbons (Fsp3) is 0.429. The molecule has 29 heavy (non-hydrogen) atoms. The lowest BCUT2D eigenvalue weighted by atomic mass is 9.95. The Labute approximate surface area is 169 Å². The lowest BCUT2D eigenvalue weighted by Gasteiger charge is -2.34. The van der Waals surface area contributed by atoms with Crippen molar-refractivity contribution in [2.75, 3.05) is 26.2 Å². The molecule has 1 N–H and O–H groups in total. The maximum absolute atomic E-state index is 13.0. The number of aryl methyl sites for hydroxylation is 1. The number of aromatic nitrogens is 5. The molecule has 2 aliphatic rings. The molecule has 1 fully saturated rings. The first-order chi connectivity index (χ1) is 14.3. The van der Waals surface area contributed by atoms with Crippen molar-refractivity contribution >= 4 is 5.91 Å². The Balaban J connectivity index is 1.22. The van der Waals surface area contributed by atoms with Gasteiger partial charge in [-0.1, -0.05) is 18.2 Å². The second-order valence-electron chi connectivity index (χ2n) is 7.76. The Morgan fingerprint density at radius 2 is 1.83 bits per heavy atom. The smallest absolute Gasteiger partial charge is 0.274 e. The van der Waals surface area contributed by atoms with Gasteiger partial charge in [0.25, 0.3) is 5.91 Å². The van der Waals surface area contributed by atoms with Gasteiger partial charge in [-0.3, -0.25) is 19.4 Å². The summed E-state index contributed by atoms with van der Waals surface area (Å²) >= 11 is 0. The van der Waals surface area contributed by atoms with Crippen LogP contribution < -0.4 is 0 Å². The number of nitrogens with zero attached hydrogens (tertiary/aromatic N) is 6. The van der Waals surface area contributed by atoms with Gasteiger partial charge in [0.2, 0.25) is 0 Å². The normalized spacial score (nSPS) is 17.3. The monoisotopic (exact) mass is 391 g/mol. The quantitative estimate of drug-likeness (QED) is 0.734. The number of amides is 1. The molecule has 8 nitrogen and oxygen atoms in total. The van der Waals surface area contributed by atoms with Gasteiger partial charge in [0.05, 0.1) is 6.54 Å². The predicted molar refractivity (Wildman–Crippen MR) is 108 cm³/mol. The molecule has 1 amide bonds. The number of benzene rings is 1. The minimum Gasteiger partial charge on any atom is -0.335 e. The first-order valence-electron chi connectivity index (χ1n) is 10.3. The number of aromatic amines is 1. The molecule has 2 aromatic heterocycles. The van der Waals surface area contributed by atoms with Crippen LogP contribution in [-0.2, 0) is 19.4 Å². The molecule has 3 aromatic rings. The minimum absolute atomic E-state index is 0.0662. The van der Waals surface area contributed by atoms with Crippen LogP contribution in [0.4, 0.5) is 0 Å². The van der Waals surface area contributed by atoms with E-state index in [9.17, 15) is 4.79 Å². The van der Waals surface area contributed by atoms with Crippen LogP contribution in [0.5, 0.6) is 0 Å². The fourth-order valence-electron chi connectivity index (χ4n) is 4.29. The van der Waals surface area contributed by atoms with E-state index in [1.54, 1.807) is 6.33 Å². The van der Waals surface area contributed by atoms with E-state index in [2.05, 4.69) is 25.3 Å². The molecule has 5 rings (SSSR count). The van der Waals surface area contributed by atoms with Crippen molar-refractivity contribution in [1.82, 2.24) is 34.8 Å². The largest absolute Gasteiger partial charge is 0.335 e. The van der Waals surface area contributed by atoms with Gasteiger partial charge in [-0.25, -0.2) is 0 Å². The number of H-pyrrole nitrogens is 1. The Hall–Kier alpha value is -3.00. The number of fused-ring (bicyclic) bond motifs is 1. The minimum atomic E-state index is 0.0662. The molecular formula is C21H25N7O. The molecule has 1 aliphatic heterocycles. The van der Waals surface area contributed by atoms with Gasteiger partial charge in [0, 0.05) is 43.1 Å². The summed E-state index contributed by atoms with van der Waals surface area (Å²) in [6.45, 7) is 3.77. The van der Waals surface area contributed by atoms with Crippen LogP contribution in [0.1, 0.15) is 40.4 Å². The molecule has 1 saturated heterocycles. The number of para-hydroxylation sites is 1. The SMILES string of the molecule is O=C(c1n[nH]c2c1CCCC2)N1CCN(Cc2nncn2-c2ccccc2)CC1. The summed E-state index contributed by atoms with van der Waals surface area (Å²) in [7, 11) is 0. The highest BCUT2D eigenvalue weighted by Gasteiger charge is 2.28. The van der Waals surface area contributed by atoms with Crippen molar-refractivity contribution in [3.05, 3.63) is 59.4 Å². The van der Waals surface area contributed by atoms with Crippen LogP contribution in [0.3, 0.4) is 0 Å². The molecule has 1 aromatic carbocycles. The zero-order valence-corrected chi connectivity index (χ0v) is 16.4. The maximum Gasteiger partial charge on any atom is 0.274 e. The number of rotatable bonds is 4. The summed E-state index contributed by atoms with van der Waals surface area (Å²) < 4.78 is 2.02. The lowest BCUT2D eigenvalue weighted by molar-refractivity contribution is 0.0617. The van der Waals surface area contributed by atoms with Crippen molar-refractivity contribution in [3.63, 3.8) is 0 Å².